The van der Waals surface area contributed by atoms with Crippen molar-refractivity contribution in [2.45, 2.75) is 34.6 Å². The van der Waals surface area contributed by atoms with Crippen LogP contribution in [0.3, 0.4) is 0 Å². The number of aryl methyl sites for hydroxylation is 5. The Morgan fingerprint density at radius 2 is 0.723 bits per heavy atom. The van der Waals surface area contributed by atoms with E-state index in [1.807, 2.05) is 132 Å². The van der Waals surface area contributed by atoms with E-state index in [2.05, 4.69) is 81.9 Å². The Hall–Kier alpha value is -8.78. The molecule has 14 heteroatoms. The highest BCUT2D eigenvalue weighted by Gasteiger charge is 2.05. The lowest BCUT2D eigenvalue weighted by Gasteiger charge is -2.02. The molecule has 9 aromatic heterocycles. The van der Waals surface area contributed by atoms with E-state index in [4.69, 9.17) is 0 Å². The normalized spacial score (nSPS) is 9.92. The number of hydrogen-bond donors (Lipinski definition) is 0. The largest absolute Gasteiger partial charge is 0.265 e. The number of hydrogen-bond acceptors (Lipinski definition) is 14. The first-order chi connectivity index (χ1) is 31.9. The van der Waals surface area contributed by atoms with Gasteiger partial charge in [0, 0.05) is 125 Å². The van der Waals surface area contributed by atoms with Crippen molar-refractivity contribution < 1.29 is 0 Å². The third-order valence-corrected chi connectivity index (χ3v) is 9.48. The van der Waals surface area contributed by atoms with E-state index in [0.717, 1.165) is 78.7 Å². The van der Waals surface area contributed by atoms with Crippen LogP contribution in [-0.4, -0.2) is 69.8 Å². The fourth-order valence-corrected chi connectivity index (χ4v) is 6.07. The molecule has 0 unspecified atom stereocenters. The van der Waals surface area contributed by atoms with E-state index in [1.165, 1.54) is 5.56 Å². The van der Waals surface area contributed by atoms with Crippen molar-refractivity contribution >= 4 is 0 Å². The van der Waals surface area contributed by atoms with Gasteiger partial charge in [0.2, 0.25) is 0 Å². The summed E-state index contributed by atoms with van der Waals surface area (Å²) in [7, 11) is 0. The molecular formula is C51H46N14. The topological polar surface area (TPSA) is 180 Å². The van der Waals surface area contributed by atoms with Gasteiger partial charge in [0.05, 0.1) is 17.1 Å². The Morgan fingerprint density at radius 1 is 0.277 bits per heavy atom. The van der Waals surface area contributed by atoms with Crippen LogP contribution in [0.5, 0.6) is 0 Å². The van der Waals surface area contributed by atoms with E-state index in [-0.39, 0.29) is 0 Å². The summed E-state index contributed by atoms with van der Waals surface area (Å²) in [4.78, 5) is 56.8. The van der Waals surface area contributed by atoms with Gasteiger partial charge in [0.25, 0.3) is 0 Å². The average Bonchev–Trinajstić information content (AvgIpc) is 3.37. The Labute approximate surface area is 378 Å². The summed E-state index contributed by atoms with van der Waals surface area (Å²) in [6.45, 7) is 9.87. The van der Waals surface area contributed by atoms with Gasteiger partial charge in [0.15, 0.2) is 0 Å². The highest BCUT2D eigenvalue weighted by atomic mass is 14.8. The van der Waals surface area contributed by atoms with Gasteiger partial charge < -0.3 is 0 Å². The third kappa shape index (κ3) is 13.9. The summed E-state index contributed by atoms with van der Waals surface area (Å²) in [5, 5.41) is 0. The van der Waals surface area contributed by atoms with Gasteiger partial charge in [-0.2, -0.15) is 0 Å². The number of nitrogens with zero attached hydrogens (tertiary/aromatic N) is 14. The molecule has 0 N–H and O–H groups in total. The van der Waals surface area contributed by atoms with E-state index in [9.17, 15) is 0 Å². The van der Waals surface area contributed by atoms with Crippen LogP contribution in [0.25, 0.3) is 55.9 Å². The van der Waals surface area contributed by atoms with Crippen molar-refractivity contribution in [1.29, 1.82) is 0 Å². The Kier molecular flexibility index (Phi) is 17.3. The molecule has 14 nitrogen and oxygen atoms in total. The molecule has 10 rings (SSSR count). The van der Waals surface area contributed by atoms with E-state index in [0.29, 0.717) is 0 Å². The van der Waals surface area contributed by atoms with Crippen LogP contribution in [-0.2, 0) is 0 Å². The molecule has 0 fully saturated rings. The first-order valence-electron chi connectivity index (χ1n) is 20.4. The van der Waals surface area contributed by atoms with Crippen LogP contribution < -0.4 is 0 Å². The quantitative estimate of drug-likeness (QED) is 0.160. The first-order valence-corrected chi connectivity index (χ1v) is 20.4. The SMILES string of the molecule is Cc1cncnc1-c1ccncc1.Cc1ncncc1-c1ccccc1.Cc1ncncc1-c1ccccn1.Cc1ncncc1-c1cccnc1.Cc1ncncc1-c1ccncc1. The van der Waals surface area contributed by atoms with Crippen molar-refractivity contribution in [2.24, 2.45) is 0 Å². The monoisotopic (exact) mass is 854 g/mol. The van der Waals surface area contributed by atoms with Crippen LogP contribution in [0.15, 0.2) is 191 Å². The molecule has 0 radical (unpaired) electrons. The van der Waals surface area contributed by atoms with Gasteiger partial charge in [-0.15, -0.1) is 0 Å². The summed E-state index contributed by atoms with van der Waals surface area (Å²) in [5.41, 5.74) is 15.5. The molecule has 10 aromatic rings. The zero-order valence-electron chi connectivity index (χ0n) is 36.7. The van der Waals surface area contributed by atoms with Gasteiger partial charge in [-0.05, 0) is 93.8 Å². The second kappa shape index (κ2) is 24.6. The molecule has 0 aliphatic heterocycles. The van der Waals surface area contributed by atoms with Gasteiger partial charge in [-0.1, -0.05) is 42.5 Å². The predicted octanol–water partition coefficient (Wildman–Crippen LogP) is 9.84. The molecule has 1 aromatic carbocycles. The molecule has 65 heavy (non-hydrogen) atoms. The molecule has 0 atom stereocenters. The van der Waals surface area contributed by atoms with E-state index < -0.39 is 0 Å². The lowest BCUT2D eigenvalue weighted by Crippen LogP contribution is -1.90. The summed E-state index contributed by atoms with van der Waals surface area (Å²) in [5.74, 6) is 0. The zero-order valence-corrected chi connectivity index (χ0v) is 36.7. The number of benzene rings is 1. The van der Waals surface area contributed by atoms with Gasteiger partial charge in [0.1, 0.15) is 31.6 Å². The van der Waals surface area contributed by atoms with Crippen LogP contribution in [0.2, 0.25) is 0 Å². The van der Waals surface area contributed by atoms with Crippen LogP contribution >= 0.6 is 0 Å². The highest BCUT2D eigenvalue weighted by Crippen LogP contribution is 2.22. The van der Waals surface area contributed by atoms with Gasteiger partial charge >= 0.3 is 0 Å². The molecule has 0 bridgehead atoms. The summed E-state index contributed by atoms with van der Waals surface area (Å²) < 4.78 is 0. The second-order valence-electron chi connectivity index (χ2n) is 13.9. The third-order valence-electron chi connectivity index (χ3n) is 9.48. The molecule has 0 saturated heterocycles. The number of pyridine rings is 4. The number of rotatable bonds is 5. The predicted molar refractivity (Wildman–Crippen MR) is 252 cm³/mol. The Bertz CT molecular complexity index is 2460. The van der Waals surface area contributed by atoms with E-state index in [1.54, 1.807) is 81.2 Å². The second-order valence-corrected chi connectivity index (χ2v) is 13.9. The molecule has 320 valence electrons. The Balaban J connectivity index is 0.000000135. The fourth-order valence-electron chi connectivity index (χ4n) is 6.07. The van der Waals surface area contributed by atoms with Gasteiger partial charge in [-0.3, -0.25) is 19.9 Å². The molecule has 0 aliphatic carbocycles. The lowest BCUT2D eigenvalue weighted by molar-refractivity contribution is 1.10. The summed E-state index contributed by atoms with van der Waals surface area (Å²) >= 11 is 0. The first kappa shape index (κ1) is 45.7. The van der Waals surface area contributed by atoms with Crippen molar-refractivity contribution in [3.05, 3.63) is 219 Å². The van der Waals surface area contributed by atoms with Crippen molar-refractivity contribution in [3.63, 3.8) is 0 Å². The lowest BCUT2D eigenvalue weighted by atomic mass is 10.1. The van der Waals surface area contributed by atoms with Crippen molar-refractivity contribution in [1.82, 2.24) is 69.8 Å². The highest BCUT2D eigenvalue weighted by molar-refractivity contribution is 5.66. The van der Waals surface area contributed by atoms with Crippen LogP contribution in [0, 0.1) is 34.6 Å². The van der Waals surface area contributed by atoms with Crippen LogP contribution in [0.4, 0.5) is 0 Å². The summed E-state index contributed by atoms with van der Waals surface area (Å²) in [6.07, 6.45) is 29.2. The zero-order chi connectivity index (χ0) is 45.5. The molecule has 0 aliphatic rings. The molecular weight excluding hydrogens is 809 g/mol. The average molecular weight is 855 g/mol. The molecule has 0 amide bonds. The number of aromatic nitrogens is 14. The summed E-state index contributed by atoms with van der Waals surface area (Å²) in [6, 6.07) is 27.6. The minimum atomic E-state index is 0.917. The molecule has 9 heterocycles. The maximum atomic E-state index is 4.23. The molecule has 0 spiro atoms. The minimum absolute atomic E-state index is 0.917. The van der Waals surface area contributed by atoms with Crippen LogP contribution in [0.1, 0.15) is 28.3 Å². The van der Waals surface area contributed by atoms with Gasteiger partial charge in [-0.25, -0.2) is 49.8 Å². The maximum Gasteiger partial charge on any atom is 0.116 e. The van der Waals surface area contributed by atoms with Crippen molar-refractivity contribution in [2.75, 3.05) is 0 Å². The van der Waals surface area contributed by atoms with Crippen molar-refractivity contribution in [3.8, 4) is 55.9 Å². The molecule has 0 saturated carbocycles. The standard InChI is InChI=1S/C11H10N2.4C10H9N3/c1-9-11(7-12-8-13-9)10-5-3-2-4-6-10;1-8-10(6-12-7-13-8)9-2-4-11-5-3-9;1-8-6-12-7-13-10(8)9-2-4-11-5-3-9;1-8-10(6-12-7-13-8)9-3-2-4-11-5-9;1-8-9(6-11-7-13-8)10-4-2-3-5-12-10/h2-8H,1H3;4*2-7H,1H3. The Morgan fingerprint density at radius 3 is 1.20 bits per heavy atom. The smallest absolute Gasteiger partial charge is 0.116 e. The maximum absolute atomic E-state index is 4.23. The fraction of sp³-hybridized carbons (Fsp3) is 0.0980. The van der Waals surface area contributed by atoms with E-state index >= 15 is 0 Å². The minimum Gasteiger partial charge on any atom is -0.265 e.